The zero-order valence-corrected chi connectivity index (χ0v) is 8.21. The van der Waals surface area contributed by atoms with Crippen LogP contribution in [-0.4, -0.2) is 6.61 Å². The van der Waals surface area contributed by atoms with Crippen molar-refractivity contribution in [2.24, 2.45) is 20.7 Å². The molecule has 0 bridgehead atoms. The van der Waals surface area contributed by atoms with Crippen molar-refractivity contribution in [3.63, 3.8) is 0 Å². The lowest BCUT2D eigenvalue weighted by atomic mass is 10.1. The van der Waals surface area contributed by atoms with Gasteiger partial charge in [0, 0.05) is 5.56 Å². The van der Waals surface area contributed by atoms with Crippen molar-refractivity contribution in [3.05, 3.63) is 42.8 Å². The van der Waals surface area contributed by atoms with E-state index >= 15 is 0 Å². The number of nitrogens with zero attached hydrogens (tertiary/aromatic N) is 4. The predicted molar refractivity (Wildman–Crippen MR) is 53.8 cm³/mol. The summed E-state index contributed by atoms with van der Waals surface area (Å²) in [5.41, 5.74) is 0.823. The lowest BCUT2D eigenvalue weighted by molar-refractivity contribution is -0.0378. The molecule has 1 heterocycles. The van der Waals surface area contributed by atoms with E-state index in [-0.39, 0.29) is 0 Å². The molecule has 5 heteroatoms. The van der Waals surface area contributed by atoms with Gasteiger partial charge in [-0.25, -0.2) is 0 Å². The van der Waals surface area contributed by atoms with Crippen LogP contribution >= 0.6 is 0 Å². The summed E-state index contributed by atoms with van der Waals surface area (Å²) in [5, 5.41) is 14.8. The third-order valence-corrected chi connectivity index (χ3v) is 2.00. The van der Waals surface area contributed by atoms with Crippen LogP contribution in [0.15, 0.2) is 51.0 Å². The predicted octanol–water partition coefficient (Wildman–Crippen LogP) is 2.87. The second-order valence-corrected chi connectivity index (χ2v) is 3.06. The Hall–Kier alpha value is -1.62. The molecule has 0 saturated carbocycles. The van der Waals surface area contributed by atoms with Gasteiger partial charge < -0.3 is 4.74 Å². The van der Waals surface area contributed by atoms with Crippen LogP contribution < -0.4 is 0 Å². The van der Waals surface area contributed by atoms with E-state index in [0.29, 0.717) is 13.0 Å². The summed E-state index contributed by atoms with van der Waals surface area (Å²) in [7, 11) is 0. The van der Waals surface area contributed by atoms with Crippen LogP contribution in [0.2, 0.25) is 0 Å². The first kappa shape index (κ1) is 9.92. The average molecular weight is 203 g/mol. The zero-order valence-electron chi connectivity index (χ0n) is 8.21. The number of hydrogen-bond acceptors (Lipinski definition) is 5. The monoisotopic (exact) mass is 203 g/mol. The fourth-order valence-electron chi connectivity index (χ4n) is 1.31. The second kappa shape index (κ2) is 4.27. The standard InChI is InChI=1S/C10H11N4O/c1-2-8-15-10(11-13-14-12-10)9-6-4-3-5-7-9/h3-7H,1-2,8H2. The van der Waals surface area contributed by atoms with Crippen molar-refractivity contribution < 1.29 is 4.74 Å². The summed E-state index contributed by atoms with van der Waals surface area (Å²) in [6.07, 6.45) is 0.652. The highest BCUT2D eigenvalue weighted by Gasteiger charge is 2.36. The molecule has 77 valence electrons. The lowest BCUT2D eigenvalue weighted by Crippen LogP contribution is -2.23. The van der Waals surface area contributed by atoms with E-state index in [1.807, 2.05) is 30.3 Å². The Kier molecular flexibility index (Phi) is 2.82. The van der Waals surface area contributed by atoms with Gasteiger partial charge >= 0.3 is 5.85 Å². The van der Waals surface area contributed by atoms with E-state index in [1.165, 1.54) is 0 Å². The molecule has 0 aromatic heterocycles. The fourth-order valence-corrected chi connectivity index (χ4v) is 1.31. The molecule has 2 rings (SSSR count). The maximum atomic E-state index is 5.54. The first-order valence-electron chi connectivity index (χ1n) is 4.70. The van der Waals surface area contributed by atoms with E-state index in [4.69, 9.17) is 4.74 Å². The summed E-state index contributed by atoms with van der Waals surface area (Å²) >= 11 is 0. The van der Waals surface area contributed by atoms with Gasteiger partial charge in [-0.05, 0) is 16.9 Å². The Labute approximate surface area is 87.9 Å². The molecule has 5 nitrogen and oxygen atoms in total. The van der Waals surface area contributed by atoms with E-state index < -0.39 is 5.85 Å². The fraction of sp³-hybridized carbons (Fsp3) is 0.300. The normalized spacial score (nSPS) is 17.1. The Morgan fingerprint density at radius 2 is 1.80 bits per heavy atom. The molecule has 0 aliphatic carbocycles. The largest absolute Gasteiger partial charge is 0.329 e. The third kappa shape index (κ3) is 1.92. The van der Waals surface area contributed by atoms with E-state index in [9.17, 15) is 0 Å². The van der Waals surface area contributed by atoms with Crippen LogP contribution in [-0.2, 0) is 10.6 Å². The minimum Gasteiger partial charge on any atom is -0.329 e. The van der Waals surface area contributed by atoms with Crippen LogP contribution in [0.25, 0.3) is 0 Å². The van der Waals surface area contributed by atoms with Crippen molar-refractivity contribution in [1.82, 2.24) is 0 Å². The van der Waals surface area contributed by atoms with Crippen LogP contribution in [0.3, 0.4) is 0 Å². The molecule has 0 fully saturated rings. The molecular weight excluding hydrogens is 192 g/mol. The molecule has 0 saturated heterocycles. The van der Waals surface area contributed by atoms with Gasteiger partial charge in [-0.3, -0.25) is 0 Å². The summed E-state index contributed by atoms with van der Waals surface area (Å²) in [6, 6.07) is 9.47. The van der Waals surface area contributed by atoms with Crippen LogP contribution in [0, 0.1) is 6.92 Å². The van der Waals surface area contributed by atoms with Crippen molar-refractivity contribution in [2.75, 3.05) is 6.61 Å². The Morgan fingerprint density at radius 1 is 1.13 bits per heavy atom. The molecule has 0 amide bonds. The molecular formula is C10H11N4O. The number of ether oxygens (including phenoxy) is 1. The highest BCUT2D eigenvalue weighted by molar-refractivity contribution is 5.21. The number of rotatable bonds is 4. The molecule has 1 aliphatic rings. The Balaban J connectivity index is 2.28. The summed E-state index contributed by atoms with van der Waals surface area (Å²) in [4.78, 5) is 0. The lowest BCUT2D eigenvalue weighted by Gasteiger charge is -2.19. The van der Waals surface area contributed by atoms with Gasteiger partial charge in [0.2, 0.25) is 0 Å². The Morgan fingerprint density at radius 3 is 2.40 bits per heavy atom. The minimum atomic E-state index is -1.08. The molecule has 0 spiro atoms. The summed E-state index contributed by atoms with van der Waals surface area (Å²) < 4.78 is 5.54. The van der Waals surface area contributed by atoms with Crippen molar-refractivity contribution in [3.8, 4) is 0 Å². The molecule has 15 heavy (non-hydrogen) atoms. The topological polar surface area (TPSA) is 58.7 Å². The third-order valence-electron chi connectivity index (χ3n) is 2.00. The maximum Gasteiger partial charge on any atom is 0.324 e. The van der Waals surface area contributed by atoms with Gasteiger partial charge in [-0.15, -0.1) is 10.2 Å². The second-order valence-electron chi connectivity index (χ2n) is 3.06. The van der Waals surface area contributed by atoms with E-state index in [2.05, 4.69) is 27.6 Å². The molecule has 0 unspecified atom stereocenters. The molecule has 0 atom stereocenters. The summed E-state index contributed by atoms with van der Waals surface area (Å²) in [6.45, 7) is 4.17. The number of hydrogen-bond donors (Lipinski definition) is 0. The highest BCUT2D eigenvalue weighted by atomic mass is 16.5. The van der Waals surface area contributed by atoms with Gasteiger partial charge in [0.1, 0.15) is 0 Å². The van der Waals surface area contributed by atoms with Gasteiger partial charge in [0.05, 0.1) is 6.61 Å². The van der Waals surface area contributed by atoms with Gasteiger partial charge in [0.25, 0.3) is 0 Å². The first-order valence-corrected chi connectivity index (χ1v) is 4.70. The Bertz CT molecular complexity index is 362. The maximum absolute atomic E-state index is 5.54. The molecule has 1 aromatic rings. The molecule has 1 aromatic carbocycles. The van der Waals surface area contributed by atoms with E-state index in [0.717, 1.165) is 5.56 Å². The molecule has 1 radical (unpaired) electrons. The SMILES string of the molecule is [CH2]CCOC1(c2ccccc2)N=NN=N1. The van der Waals surface area contributed by atoms with Gasteiger partial charge in [-0.2, -0.15) is 0 Å². The number of benzene rings is 1. The first-order chi connectivity index (χ1) is 7.37. The van der Waals surface area contributed by atoms with Crippen LogP contribution in [0.4, 0.5) is 0 Å². The van der Waals surface area contributed by atoms with Gasteiger partial charge in [-0.1, -0.05) is 37.3 Å². The van der Waals surface area contributed by atoms with Gasteiger partial charge in [0.15, 0.2) is 0 Å². The van der Waals surface area contributed by atoms with Crippen molar-refractivity contribution in [1.29, 1.82) is 0 Å². The highest BCUT2D eigenvalue weighted by Crippen LogP contribution is 2.33. The quantitative estimate of drug-likeness (QED) is 0.742. The van der Waals surface area contributed by atoms with Crippen LogP contribution in [0.1, 0.15) is 12.0 Å². The van der Waals surface area contributed by atoms with Crippen LogP contribution in [0.5, 0.6) is 0 Å². The van der Waals surface area contributed by atoms with Crippen molar-refractivity contribution in [2.45, 2.75) is 12.3 Å². The zero-order chi connectivity index (χ0) is 10.6. The average Bonchev–Trinajstić information content (AvgIpc) is 2.78. The minimum absolute atomic E-state index is 0.465. The smallest absolute Gasteiger partial charge is 0.324 e. The molecule has 0 N–H and O–H groups in total. The summed E-state index contributed by atoms with van der Waals surface area (Å²) in [5.74, 6) is -1.08. The van der Waals surface area contributed by atoms with Crippen molar-refractivity contribution >= 4 is 0 Å². The van der Waals surface area contributed by atoms with E-state index in [1.54, 1.807) is 0 Å². The molecule has 1 aliphatic heterocycles.